The van der Waals surface area contributed by atoms with E-state index in [1.165, 1.54) is 10.7 Å². The van der Waals surface area contributed by atoms with Crippen molar-refractivity contribution in [3.8, 4) is 0 Å². The zero-order chi connectivity index (χ0) is 15.5. The van der Waals surface area contributed by atoms with Crippen molar-refractivity contribution in [1.29, 1.82) is 0 Å². The van der Waals surface area contributed by atoms with E-state index >= 15 is 0 Å². The van der Waals surface area contributed by atoms with E-state index in [1.54, 1.807) is 31.3 Å². The van der Waals surface area contributed by atoms with Gasteiger partial charge in [-0.3, -0.25) is 4.31 Å². The predicted molar refractivity (Wildman–Crippen MR) is 91.1 cm³/mol. The summed E-state index contributed by atoms with van der Waals surface area (Å²) < 4.78 is 26.4. The first-order valence-corrected chi connectivity index (χ1v) is 9.28. The van der Waals surface area contributed by atoms with Crippen LogP contribution in [0.4, 0.5) is 5.69 Å². The van der Waals surface area contributed by atoms with Gasteiger partial charge in [-0.25, -0.2) is 8.42 Å². The average Bonchev–Trinajstić information content (AvgIpc) is 2.47. The summed E-state index contributed by atoms with van der Waals surface area (Å²) in [6, 6.07) is 7.05. The van der Waals surface area contributed by atoms with Crippen LogP contribution in [0.5, 0.6) is 0 Å². The number of nitrogens with two attached hydrogens (primary N) is 1. The fourth-order valence-corrected chi connectivity index (χ4v) is 4.49. The highest BCUT2D eigenvalue weighted by atomic mass is 32.2. The maximum atomic E-state index is 12.5. The molecule has 116 valence electrons. The Morgan fingerprint density at radius 2 is 2.00 bits per heavy atom. The zero-order valence-corrected chi connectivity index (χ0v) is 13.9. The van der Waals surface area contributed by atoms with Gasteiger partial charge < -0.3 is 5.73 Å². The molecule has 0 aliphatic heterocycles. The molecule has 2 rings (SSSR count). The standard InChI is InChI=1S/C15H22N2O2S2/c1-17(14-9-5-8-13(10-14)15(16)20)21(18,19)11-12-6-3-2-4-7-12/h5,8-10,12H,2-4,6-7,11H2,1H3,(H2,16,20). The van der Waals surface area contributed by atoms with Crippen molar-refractivity contribution in [2.24, 2.45) is 11.7 Å². The van der Waals surface area contributed by atoms with Crippen LogP contribution in [0.2, 0.25) is 0 Å². The van der Waals surface area contributed by atoms with Gasteiger partial charge in [0.15, 0.2) is 0 Å². The van der Waals surface area contributed by atoms with E-state index in [0.717, 1.165) is 25.7 Å². The average molecular weight is 326 g/mol. The number of rotatable bonds is 5. The van der Waals surface area contributed by atoms with Gasteiger partial charge in [0.1, 0.15) is 4.99 Å². The highest BCUT2D eigenvalue weighted by Gasteiger charge is 2.25. The second-order valence-corrected chi connectivity index (χ2v) is 8.15. The summed E-state index contributed by atoms with van der Waals surface area (Å²) in [6.07, 6.45) is 5.53. The molecule has 1 aromatic carbocycles. The van der Waals surface area contributed by atoms with Crippen LogP contribution in [0.3, 0.4) is 0 Å². The van der Waals surface area contributed by atoms with Gasteiger partial charge in [0.2, 0.25) is 10.0 Å². The summed E-state index contributed by atoms with van der Waals surface area (Å²) >= 11 is 4.94. The van der Waals surface area contributed by atoms with Gasteiger partial charge in [0.05, 0.1) is 11.4 Å². The van der Waals surface area contributed by atoms with Crippen LogP contribution in [-0.2, 0) is 10.0 Å². The smallest absolute Gasteiger partial charge is 0.235 e. The van der Waals surface area contributed by atoms with Crippen molar-refractivity contribution < 1.29 is 8.42 Å². The Labute approximate surface area is 132 Å². The summed E-state index contributed by atoms with van der Waals surface area (Å²) in [6.45, 7) is 0. The normalized spacial score (nSPS) is 16.6. The zero-order valence-electron chi connectivity index (χ0n) is 12.3. The Hall–Kier alpha value is -1.14. The molecule has 0 amide bonds. The predicted octanol–water partition coefficient (Wildman–Crippen LogP) is 2.67. The molecule has 1 aromatic rings. The SMILES string of the molecule is CN(c1cccc(C(N)=S)c1)S(=O)(=O)CC1CCCCC1. The van der Waals surface area contributed by atoms with Crippen molar-refractivity contribution in [2.75, 3.05) is 17.1 Å². The lowest BCUT2D eigenvalue weighted by Crippen LogP contribution is -2.32. The summed E-state index contributed by atoms with van der Waals surface area (Å²) in [5, 5.41) is 0. The Kier molecular flexibility index (Phi) is 5.22. The quantitative estimate of drug-likeness (QED) is 0.845. The summed E-state index contributed by atoms with van der Waals surface area (Å²) in [7, 11) is -1.71. The fourth-order valence-electron chi connectivity index (χ4n) is 2.78. The number of sulfonamides is 1. The molecule has 4 nitrogen and oxygen atoms in total. The van der Waals surface area contributed by atoms with Crippen LogP contribution >= 0.6 is 12.2 Å². The first-order chi connectivity index (χ1) is 9.90. The van der Waals surface area contributed by atoms with E-state index in [4.69, 9.17) is 18.0 Å². The minimum absolute atomic E-state index is 0.223. The monoisotopic (exact) mass is 326 g/mol. The number of hydrogen-bond donors (Lipinski definition) is 1. The molecule has 0 aromatic heterocycles. The lowest BCUT2D eigenvalue weighted by molar-refractivity contribution is 0.385. The van der Waals surface area contributed by atoms with Crippen molar-refractivity contribution in [2.45, 2.75) is 32.1 Å². The molecule has 1 aliphatic carbocycles. The molecule has 0 spiro atoms. The third kappa shape index (κ3) is 4.17. The minimum Gasteiger partial charge on any atom is -0.389 e. The lowest BCUT2D eigenvalue weighted by Gasteiger charge is -2.26. The first-order valence-electron chi connectivity index (χ1n) is 7.26. The van der Waals surface area contributed by atoms with Crippen molar-refractivity contribution in [3.05, 3.63) is 29.8 Å². The Morgan fingerprint density at radius 3 is 2.62 bits per heavy atom. The van der Waals surface area contributed by atoms with Gasteiger partial charge in [0.25, 0.3) is 0 Å². The molecule has 6 heteroatoms. The van der Waals surface area contributed by atoms with Crippen LogP contribution in [0.25, 0.3) is 0 Å². The van der Waals surface area contributed by atoms with Crippen LogP contribution in [-0.4, -0.2) is 26.2 Å². The van der Waals surface area contributed by atoms with Crippen molar-refractivity contribution >= 4 is 32.9 Å². The number of hydrogen-bond acceptors (Lipinski definition) is 3. The molecule has 0 heterocycles. The lowest BCUT2D eigenvalue weighted by atomic mass is 9.91. The Balaban J connectivity index is 2.15. The number of thiocarbonyl (C=S) groups is 1. The van der Waals surface area contributed by atoms with E-state index in [-0.39, 0.29) is 16.7 Å². The van der Waals surface area contributed by atoms with Crippen molar-refractivity contribution in [3.63, 3.8) is 0 Å². The third-order valence-corrected chi connectivity index (χ3v) is 6.26. The minimum atomic E-state index is -3.31. The first kappa shape index (κ1) is 16.2. The van der Waals surface area contributed by atoms with Crippen LogP contribution < -0.4 is 10.0 Å². The molecule has 0 radical (unpaired) electrons. The fraction of sp³-hybridized carbons (Fsp3) is 0.533. The van der Waals surface area contributed by atoms with E-state index in [0.29, 0.717) is 11.3 Å². The van der Waals surface area contributed by atoms with E-state index in [2.05, 4.69) is 0 Å². The van der Waals surface area contributed by atoms with E-state index in [1.807, 2.05) is 0 Å². The molecular weight excluding hydrogens is 304 g/mol. The topological polar surface area (TPSA) is 63.4 Å². The maximum absolute atomic E-state index is 12.5. The number of benzene rings is 1. The summed E-state index contributed by atoms with van der Waals surface area (Å²) in [5.74, 6) is 0.505. The van der Waals surface area contributed by atoms with Crippen LogP contribution in [0, 0.1) is 5.92 Å². The van der Waals surface area contributed by atoms with Gasteiger partial charge in [-0.2, -0.15) is 0 Å². The van der Waals surface area contributed by atoms with E-state index < -0.39 is 10.0 Å². The van der Waals surface area contributed by atoms with Gasteiger partial charge in [-0.1, -0.05) is 43.6 Å². The molecule has 1 saturated carbocycles. The van der Waals surface area contributed by atoms with Gasteiger partial charge in [-0.05, 0) is 30.9 Å². The van der Waals surface area contributed by atoms with Crippen LogP contribution in [0.15, 0.2) is 24.3 Å². The molecule has 2 N–H and O–H groups in total. The summed E-state index contributed by atoms with van der Waals surface area (Å²) in [5.41, 5.74) is 6.89. The third-order valence-electron chi connectivity index (χ3n) is 4.08. The second kappa shape index (κ2) is 6.75. The molecule has 0 unspecified atom stereocenters. The number of anilines is 1. The van der Waals surface area contributed by atoms with Crippen molar-refractivity contribution in [1.82, 2.24) is 0 Å². The molecule has 0 saturated heterocycles. The van der Waals surface area contributed by atoms with Gasteiger partial charge >= 0.3 is 0 Å². The number of nitrogens with zero attached hydrogens (tertiary/aromatic N) is 1. The second-order valence-electron chi connectivity index (χ2n) is 5.66. The Bertz CT molecular complexity index is 608. The molecule has 1 aliphatic rings. The molecule has 1 fully saturated rings. The summed E-state index contributed by atoms with van der Waals surface area (Å²) in [4.78, 5) is 0.273. The highest BCUT2D eigenvalue weighted by Crippen LogP contribution is 2.27. The molecule has 0 atom stereocenters. The van der Waals surface area contributed by atoms with E-state index in [9.17, 15) is 8.42 Å². The Morgan fingerprint density at radius 1 is 1.33 bits per heavy atom. The van der Waals surface area contributed by atoms with Gasteiger partial charge in [-0.15, -0.1) is 0 Å². The van der Waals surface area contributed by atoms with Gasteiger partial charge in [0, 0.05) is 12.6 Å². The largest absolute Gasteiger partial charge is 0.389 e. The highest BCUT2D eigenvalue weighted by molar-refractivity contribution is 7.92. The molecular formula is C15H22N2O2S2. The maximum Gasteiger partial charge on any atom is 0.235 e. The van der Waals surface area contributed by atoms with Crippen LogP contribution in [0.1, 0.15) is 37.7 Å². The molecule has 21 heavy (non-hydrogen) atoms. The molecule has 0 bridgehead atoms.